The zero-order valence-corrected chi connectivity index (χ0v) is 11.2. The first-order valence-electron chi connectivity index (χ1n) is 5.35. The predicted octanol–water partition coefficient (Wildman–Crippen LogP) is 4.09. The van der Waals surface area contributed by atoms with E-state index in [9.17, 15) is 0 Å². The SMILES string of the molecule is C[C@@H]1CCCN1Cc1ccc(Cl)cc1Br. The summed E-state index contributed by atoms with van der Waals surface area (Å²) >= 11 is 9.48. The van der Waals surface area contributed by atoms with Gasteiger partial charge in [0.25, 0.3) is 0 Å². The molecule has 1 heterocycles. The number of hydrogen-bond donors (Lipinski definition) is 0. The Balaban J connectivity index is 2.10. The Morgan fingerprint density at radius 3 is 2.93 bits per heavy atom. The number of hydrogen-bond acceptors (Lipinski definition) is 1. The largest absolute Gasteiger partial charge is 0.296 e. The highest BCUT2D eigenvalue weighted by atomic mass is 79.9. The van der Waals surface area contributed by atoms with E-state index >= 15 is 0 Å². The van der Waals surface area contributed by atoms with E-state index in [4.69, 9.17) is 11.6 Å². The van der Waals surface area contributed by atoms with Gasteiger partial charge in [-0.3, -0.25) is 4.90 Å². The topological polar surface area (TPSA) is 3.24 Å². The molecule has 1 atom stereocenters. The molecule has 0 unspecified atom stereocenters. The van der Waals surface area contributed by atoms with Crippen molar-refractivity contribution < 1.29 is 0 Å². The Morgan fingerprint density at radius 2 is 2.33 bits per heavy atom. The summed E-state index contributed by atoms with van der Waals surface area (Å²) in [5.74, 6) is 0. The van der Waals surface area contributed by atoms with Crippen LogP contribution in [0, 0.1) is 0 Å². The van der Waals surface area contributed by atoms with E-state index in [1.807, 2.05) is 12.1 Å². The van der Waals surface area contributed by atoms with Crippen molar-refractivity contribution in [1.29, 1.82) is 0 Å². The molecule has 1 aromatic carbocycles. The fourth-order valence-corrected chi connectivity index (χ4v) is 2.90. The molecule has 0 bridgehead atoms. The van der Waals surface area contributed by atoms with Crippen molar-refractivity contribution in [3.63, 3.8) is 0 Å². The molecule has 2 rings (SSSR count). The minimum atomic E-state index is 0.715. The molecule has 0 radical (unpaired) electrons. The monoisotopic (exact) mass is 287 g/mol. The van der Waals surface area contributed by atoms with Crippen LogP contribution in [0.2, 0.25) is 5.02 Å². The van der Waals surface area contributed by atoms with Gasteiger partial charge in [0.2, 0.25) is 0 Å². The second-order valence-electron chi connectivity index (χ2n) is 4.20. The second kappa shape index (κ2) is 4.86. The molecule has 1 aromatic rings. The summed E-state index contributed by atoms with van der Waals surface area (Å²) in [6.45, 7) is 4.55. The fourth-order valence-electron chi connectivity index (χ4n) is 2.10. The van der Waals surface area contributed by atoms with Crippen LogP contribution in [-0.2, 0) is 6.54 Å². The molecule has 1 nitrogen and oxygen atoms in total. The first-order chi connectivity index (χ1) is 7.16. The normalized spacial score (nSPS) is 22.2. The third-order valence-corrected chi connectivity index (χ3v) is 4.05. The standard InChI is InChI=1S/C12H15BrClN/c1-9-3-2-6-15(9)8-10-4-5-11(14)7-12(10)13/h4-5,7,9H,2-3,6,8H2,1H3/t9-/m1/s1. The van der Waals surface area contributed by atoms with Crippen LogP contribution in [0.5, 0.6) is 0 Å². The Morgan fingerprint density at radius 1 is 1.53 bits per heavy atom. The van der Waals surface area contributed by atoms with Gasteiger partial charge in [0, 0.05) is 22.1 Å². The van der Waals surface area contributed by atoms with Crippen molar-refractivity contribution in [2.24, 2.45) is 0 Å². The van der Waals surface area contributed by atoms with E-state index in [0.29, 0.717) is 6.04 Å². The second-order valence-corrected chi connectivity index (χ2v) is 5.49. The Hall–Kier alpha value is -0.0500. The van der Waals surface area contributed by atoms with E-state index < -0.39 is 0 Å². The van der Waals surface area contributed by atoms with Gasteiger partial charge < -0.3 is 0 Å². The van der Waals surface area contributed by atoms with Gasteiger partial charge in [-0.2, -0.15) is 0 Å². The van der Waals surface area contributed by atoms with Crippen LogP contribution in [0.1, 0.15) is 25.3 Å². The molecule has 1 aliphatic rings. The van der Waals surface area contributed by atoms with Gasteiger partial charge in [-0.05, 0) is 44.0 Å². The molecular weight excluding hydrogens is 273 g/mol. The highest BCUT2D eigenvalue weighted by Crippen LogP contribution is 2.25. The fraction of sp³-hybridized carbons (Fsp3) is 0.500. The molecular formula is C12H15BrClN. The smallest absolute Gasteiger partial charge is 0.0417 e. The highest BCUT2D eigenvalue weighted by molar-refractivity contribution is 9.10. The van der Waals surface area contributed by atoms with Crippen molar-refractivity contribution in [2.75, 3.05) is 6.54 Å². The van der Waals surface area contributed by atoms with Gasteiger partial charge in [-0.1, -0.05) is 33.6 Å². The van der Waals surface area contributed by atoms with E-state index in [1.165, 1.54) is 24.9 Å². The highest BCUT2D eigenvalue weighted by Gasteiger charge is 2.20. The quantitative estimate of drug-likeness (QED) is 0.792. The number of benzene rings is 1. The zero-order valence-electron chi connectivity index (χ0n) is 8.84. The lowest BCUT2D eigenvalue weighted by Gasteiger charge is -2.21. The first kappa shape index (κ1) is 11.4. The van der Waals surface area contributed by atoms with Crippen LogP contribution in [-0.4, -0.2) is 17.5 Å². The number of likely N-dealkylation sites (tertiary alicyclic amines) is 1. The molecule has 0 saturated carbocycles. The maximum Gasteiger partial charge on any atom is 0.0417 e. The number of halogens is 2. The van der Waals surface area contributed by atoms with Crippen molar-refractivity contribution in [3.05, 3.63) is 33.3 Å². The molecule has 82 valence electrons. The van der Waals surface area contributed by atoms with E-state index in [2.05, 4.69) is 33.8 Å². The third-order valence-electron chi connectivity index (χ3n) is 3.08. The molecule has 0 amide bonds. The molecule has 15 heavy (non-hydrogen) atoms. The van der Waals surface area contributed by atoms with Gasteiger partial charge in [-0.25, -0.2) is 0 Å². The van der Waals surface area contributed by atoms with Crippen LogP contribution in [0.3, 0.4) is 0 Å². The molecule has 0 aliphatic carbocycles. The Labute approximate surface area is 105 Å². The van der Waals surface area contributed by atoms with Crippen molar-refractivity contribution in [3.8, 4) is 0 Å². The summed E-state index contributed by atoms with van der Waals surface area (Å²) in [5.41, 5.74) is 1.33. The van der Waals surface area contributed by atoms with E-state index in [0.717, 1.165) is 16.0 Å². The van der Waals surface area contributed by atoms with Crippen LogP contribution < -0.4 is 0 Å². The van der Waals surface area contributed by atoms with Gasteiger partial charge >= 0.3 is 0 Å². The molecule has 1 saturated heterocycles. The Bertz CT molecular complexity index is 353. The molecule has 3 heteroatoms. The average Bonchev–Trinajstić information content (AvgIpc) is 2.57. The molecule has 0 aromatic heterocycles. The van der Waals surface area contributed by atoms with Crippen LogP contribution in [0.25, 0.3) is 0 Å². The molecule has 1 fully saturated rings. The minimum absolute atomic E-state index is 0.715. The van der Waals surface area contributed by atoms with Gasteiger partial charge in [0.15, 0.2) is 0 Å². The maximum atomic E-state index is 5.92. The lowest BCUT2D eigenvalue weighted by molar-refractivity contribution is 0.260. The van der Waals surface area contributed by atoms with Crippen molar-refractivity contribution >= 4 is 27.5 Å². The first-order valence-corrected chi connectivity index (χ1v) is 6.52. The number of nitrogens with zero attached hydrogens (tertiary/aromatic N) is 1. The number of rotatable bonds is 2. The van der Waals surface area contributed by atoms with Crippen molar-refractivity contribution in [1.82, 2.24) is 4.90 Å². The van der Waals surface area contributed by atoms with E-state index in [1.54, 1.807) is 0 Å². The third kappa shape index (κ3) is 2.74. The van der Waals surface area contributed by atoms with Crippen molar-refractivity contribution in [2.45, 2.75) is 32.4 Å². The minimum Gasteiger partial charge on any atom is -0.296 e. The van der Waals surface area contributed by atoms with Gasteiger partial charge in [0.1, 0.15) is 0 Å². The lowest BCUT2D eigenvalue weighted by Crippen LogP contribution is -2.26. The summed E-state index contributed by atoms with van der Waals surface area (Å²) in [5, 5.41) is 0.792. The van der Waals surface area contributed by atoms with Crippen LogP contribution in [0.4, 0.5) is 0 Å². The molecule has 0 N–H and O–H groups in total. The van der Waals surface area contributed by atoms with Gasteiger partial charge in [-0.15, -0.1) is 0 Å². The molecule has 0 spiro atoms. The van der Waals surface area contributed by atoms with Crippen LogP contribution >= 0.6 is 27.5 Å². The predicted molar refractivity (Wildman–Crippen MR) is 68.3 cm³/mol. The average molecular weight is 289 g/mol. The van der Waals surface area contributed by atoms with Gasteiger partial charge in [0.05, 0.1) is 0 Å². The van der Waals surface area contributed by atoms with E-state index in [-0.39, 0.29) is 0 Å². The lowest BCUT2D eigenvalue weighted by atomic mass is 10.2. The Kier molecular flexibility index (Phi) is 3.70. The van der Waals surface area contributed by atoms with Crippen LogP contribution in [0.15, 0.2) is 22.7 Å². The summed E-state index contributed by atoms with van der Waals surface area (Å²) in [7, 11) is 0. The summed E-state index contributed by atoms with van der Waals surface area (Å²) in [6, 6.07) is 6.75. The summed E-state index contributed by atoms with van der Waals surface area (Å²) in [6.07, 6.45) is 2.65. The molecule has 1 aliphatic heterocycles. The zero-order chi connectivity index (χ0) is 10.8. The summed E-state index contributed by atoms with van der Waals surface area (Å²) < 4.78 is 1.12. The summed E-state index contributed by atoms with van der Waals surface area (Å²) in [4.78, 5) is 2.52. The maximum absolute atomic E-state index is 5.92.